The second kappa shape index (κ2) is 4.57. The van der Waals surface area contributed by atoms with Crippen LogP contribution in [-0.4, -0.2) is 4.98 Å². The van der Waals surface area contributed by atoms with E-state index < -0.39 is 0 Å². The largest absolute Gasteiger partial charge is 0.234 e. The van der Waals surface area contributed by atoms with Crippen LogP contribution < -0.4 is 0 Å². The summed E-state index contributed by atoms with van der Waals surface area (Å²) in [5.74, 6) is 0. The minimum absolute atomic E-state index is 0.273. The molecule has 0 radical (unpaired) electrons. The number of benzene rings is 1. The third-order valence-corrected chi connectivity index (χ3v) is 3.14. The summed E-state index contributed by atoms with van der Waals surface area (Å²) in [7, 11) is 0. The van der Waals surface area contributed by atoms with Gasteiger partial charge in [0, 0.05) is 5.56 Å². The molecule has 2 aromatic rings. The van der Waals surface area contributed by atoms with E-state index in [0.29, 0.717) is 5.56 Å². The van der Waals surface area contributed by atoms with Gasteiger partial charge in [0.2, 0.25) is 0 Å². The number of hydrogen-bond acceptors (Lipinski definition) is 2. The molecule has 0 N–H and O–H groups in total. The maximum atomic E-state index is 9.01. The van der Waals surface area contributed by atoms with Crippen LogP contribution in [0.4, 0.5) is 0 Å². The van der Waals surface area contributed by atoms with Gasteiger partial charge in [0.15, 0.2) is 0 Å². The van der Waals surface area contributed by atoms with Gasteiger partial charge in [-0.05, 0) is 25.0 Å². The van der Waals surface area contributed by atoms with Crippen LogP contribution >= 0.6 is 11.6 Å². The zero-order valence-corrected chi connectivity index (χ0v) is 10.4. The van der Waals surface area contributed by atoms with Gasteiger partial charge in [-0.1, -0.05) is 41.9 Å². The third kappa shape index (κ3) is 2.02. The predicted molar refractivity (Wildman–Crippen MR) is 68.9 cm³/mol. The van der Waals surface area contributed by atoms with Crippen LogP contribution in [0.15, 0.2) is 30.3 Å². The van der Waals surface area contributed by atoms with Crippen molar-refractivity contribution in [2.75, 3.05) is 0 Å². The van der Waals surface area contributed by atoms with Crippen LogP contribution in [0.1, 0.15) is 16.7 Å². The van der Waals surface area contributed by atoms with Gasteiger partial charge >= 0.3 is 0 Å². The third-order valence-electron chi connectivity index (χ3n) is 2.87. The number of halogens is 1. The van der Waals surface area contributed by atoms with E-state index in [1.54, 1.807) is 0 Å². The average Bonchev–Trinajstić information content (AvgIpc) is 2.35. The van der Waals surface area contributed by atoms with Gasteiger partial charge in [-0.15, -0.1) is 0 Å². The van der Waals surface area contributed by atoms with Gasteiger partial charge in [-0.2, -0.15) is 5.26 Å². The van der Waals surface area contributed by atoms with Gasteiger partial charge in [0.1, 0.15) is 11.2 Å². The average molecular weight is 243 g/mol. The Bertz CT molecular complexity index is 598. The Labute approximate surface area is 105 Å². The Morgan fingerprint density at radius 2 is 1.76 bits per heavy atom. The molecule has 0 aliphatic heterocycles. The van der Waals surface area contributed by atoms with Crippen LogP contribution in [0, 0.1) is 25.2 Å². The zero-order valence-electron chi connectivity index (χ0n) is 9.66. The predicted octanol–water partition coefficient (Wildman–Crippen LogP) is 3.89. The van der Waals surface area contributed by atoms with Gasteiger partial charge in [-0.3, -0.25) is 0 Å². The Morgan fingerprint density at radius 1 is 1.12 bits per heavy atom. The number of rotatable bonds is 1. The summed E-state index contributed by atoms with van der Waals surface area (Å²) in [6.45, 7) is 3.86. The lowest BCUT2D eigenvalue weighted by atomic mass is 10.00. The SMILES string of the molecule is Cc1c(-c2ccccc2)nc(Cl)c(C#N)c1C. The summed E-state index contributed by atoms with van der Waals surface area (Å²) in [5, 5.41) is 9.28. The first-order valence-electron chi connectivity index (χ1n) is 5.27. The van der Waals surface area contributed by atoms with Crippen molar-refractivity contribution in [1.82, 2.24) is 4.98 Å². The quantitative estimate of drug-likeness (QED) is 0.712. The second-order valence-corrected chi connectivity index (χ2v) is 4.21. The molecule has 1 aromatic carbocycles. The van der Waals surface area contributed by atoms with E-state index in [4.69, 9.17) is 16.9 Å². The molecule has 1 heterocycles. The molecule has 2 nitrogen and oxygen atoms in total. The van der Waals surface area contributed by atoms with Crippen LogP contribution in [0.3, 0.4) is 0 Å². The Hall–Kier alpha value is -1.85. The molecule has 84 valence electrons. The molecule has 0 atom stereocenters. The molecule has 2 rings (SSSR count). The van der Waals surface area contributed by atoms with Crippen molar-refractivity contribution in [2.45, 2.75) is 13.8 Å². The molecule has 0 saturated carbocycles. The highest BCUT2D eigenvalue weighted by molar-refractivity contribution is 6.30. The van der Waals surface area contributed by atoms with E-state index in [2.05, 4.69) is 11.1 Å². The number of nitriles is 1. The summed E-state index contributed by atoms with van der Waals surface area (Å²) in [5.41, 5.74) is 4.21. The van der Waals surface area contributed by atoms with Gasteiger partial charge < -0.3 is 0 Å². The van der Waals surface area contributed by atoms with E-state index in [1.807, 2.05) is 44.2 Å². The highest BCUT2D eigenvalue weighted by Gasteiger charge is 2.13. The molecule has 0 bridgehead atoms. The monoisotopic (exact) mass is 242 g/mol. The Morgan fingerprint density at radius 3 is 2.35 bits per heavy atom. The van der Waals surface area contributed by atoms with E-state index in [-0.39, 0.29) is 5.15 Å². The highest BCUT2D eigenvalue weighted by atomic mass is 35.5. The highest BCUT2D eigenvalue weighted by Crippen LogP contribution is 2.28. The van der Waals surface area contributed by atoms with Crippen LogP contribution in [-0.2, 0) is 0 Å². The summed E-state index contributed by atoms with van der Waals surface area (Å²) in [4.78, 5) is 4.32. The van der Waals surface area contributed by atoms with Gasteiger partial charge in [0.05, 0.1) is 11.3 Å². The zero-order chi connectivity index (χ0) is 12.4. The number of pyridine rings is 1. The first kappa shape index (κ1) is 11.6. The van der Waals surface area contributed by atoms with Crippen molar-refractivity contribution in [3.8, 4) is 17.3 Å². The van der Waals surface area contributed by atoms with Crippen molar-refractivity contribution in [2.24, 2.45) is 0 Å². The molecular formula is C14H11ClN2. The number of aromatic nitrogens is 1. The van der Waals surface area contributed by atoms with Gasteiger partial charge in [0.25, 0.3) is 0 Å². The number of hydrogen-bond donors (Lipinski definition) is 0. The first-order valence-corrected chi connectivity index (χ1v) is 5.65. The lowest BCUT2D eigenvalue weighted by Crippen LogP contribution is -1.97. The summed E-state index contributed by atoms with van der Waals surface area (Å²) in [6, 6.07) is 11.9. The topological polar surface area (TPSA) is 36.7 Å². The van der Waals surface area contributed by atoms with Crippen LogP contribution in [0.2, 0.25) is 5.15 Å². The summed E-state index contributed by atoms with van der Waals surface area (Å²) >= 11 is 6.02. The van der Waals surface area contributed by atoms with Crippen molar-refractivity contribution >= 4 is 11.6 Å². The van der Waals surface area contributed by atoms with Crippen molar-refractivity contribution in [3.63, 3.8) is 0 Å². The molecule has 0 unspecified atom stereocenters. The molecule has 0 aliphatic carbocycles. The fourth-order valence-electron chi connectivity index (χ4n) is 1.76. The Balaban J connectivity index is 2.71. The molecule has 0 amide bonds. The first-order chi connectivity index (χ1) is 8.15. The lowest BCUT2D eigenvalue weighted by molar-refractivity contribution is 1.20. The minimum atomic E-state index is 0.273. The Kier molecular flexibility index (Phi) is 3.12. The molecular weight excluding hydrogens is 232 g/mol. The maximum absolute atomic E-state index is 9.01. The molecule has 0 aliphatic rings. The maximum Gasteiger partial charge on any atom is 0.147 e. The summed E-state index contributed by atoms with van der Waals surface area (Å²) < 4.78 is 0. The number of nitrogens with zero attached hydrogens (tertiary/aromatic N) is 2. The lowest BCUT2D eigenvalue weighted by Gasteiger charge is -2.10. The van der Waals surface area contributed by atoms with E-state index >= 15 is 0 Å². The van der Waals surface area contributed by atoms with E-state index in [1.165, 1.54) is 0 Å². The smallest absolute Gasteiger partial charge is 0.147 e. The normalized spacial score (nSPS) is 10.0. The van der Waals surface area contributed by atoms with Crippen molar-refractivity contribution in [3.05, 3.63) is 52.2 Å². The summed E-state index contributed by atoms with van der Waals surface area (Å²) in [6.07, 6.45) is 0. The van der Waals surface area contributed by atoms with Crippen LogP contribution in [0.5, 0.6) is 0 Å². The molecule has 17 heavy (non-hydrogen) atoms. The fourth-order valence-corrected chi connectivity index (χ4v) is 2.03. The van der Waals surface area contributed by atoms with Crippen molar-refractivity contribution < 1.29 is 0 Å². The second-order valence-electron chi connectivity index (χ2n) is 3.85. The molecule has 0 fully saturated rings. The van der Waals surface area contributed by atoms with E-state index in [0.717, 1.165) is 22.4 Å². The molecule has 0 saturated heterocycles. The van der Waals surface area contributed by atoms with Gasteiger partial charge in [-0.25, -0.2) is 4.98 Å². The minimum Gasteiger partial charge on any atom is -0.234 e. The standard InChI is InChI=1S/C14H11ClN2/c1-9-10(2)13(11-6-4-3-5-7-11)17-14(15)12(9)8-16/h3-7H,1-2H3. The molecule has 1 aromatic heterocycles. The molecule has 0 spiro atoms. The van der Waals surface area contributed by atoms with Crippen LogP contribution in [0.25, 0.3) is 11.3 Å². The molecule has 3 heteroatoms. The van der Waals surface area contributed by atoms with E-state index in [9.17, 15) is 0 Å². The fraction of sp³-hybridized carbons (Fsp3) is 0.143. The van der Waals surface area contributed by atoms with Crippen molar-refractivity contribution in [1.29, 1.82) is 5.26 Å².